The molecule has 1 aromatic rings. The molecule has 5 heteroatoms. The summed E-state index contributed by atoms with van der Waals surface area (Å²) in [6, 6.07) is 3.14. The first kappa shape index (κ1) is 10.2. The topological polar surface area (TPSA) is 65.5 Å². The van der Waals surface area contributed by atoms with Crippen molar-refractivity contribution in [3.05, 3.63) is 18.3 Å². The summed E-state index contributed by atoms with van der Waals surface area (Å²) in [5, 5.41) is 0. The highest BCUT2D eigenvalue weighted by atomic mass is 16.6. The molecule has 5 nitrogen and oxygen atoms in total. The average Bonchev–Trinajstić information content (AvgIpc) is 2.16. The molecule has 0 aliphatic heterocycles. The highest BCUT2D eigenvalue weighted by Gasteiger charge is 2.07. The van der Waals surface area contributed by atoms with Gasteiger partial charge in [0.2, 0.25) is 0 Å². The Labute approximate surface area is 80.7 Å². The van der Waals surface area contributed by atoms with E-state index in [1.54, 1.807) is 6.07 Å². The van der Waals surface area contributed by atoms with Gasteiger partial charge < -0.3 is 9.47 Å². The molecule has 74 valence electrons. The van der Waals surface area contributed by atoms with Crippen molar-refractivity contribution in [2.75, 3.05) is 6.61 Å². The molecule has 0 saturated heterocycles. The lowest BCUT2D eigenvalue weighted by Crippen LogP contribution is -2.06. The fourth-order valence-corrected chi connectivity index (χ4v) is 0.830. The SMILES string of the molecule is CC(=O)Oc1cccnc1OCC=O. The smallest absolute Gasteiger partial charge is 0.308 e. The molecule has 0 radical (unpaired) electrons. The number of hydrogen-bond acceptors (Lipinski definition) is 5. The lowest BCUT2D eigenvalue weighted by molar-refractivity contribution is -0.132. The van der Waals surface area contributed by atoms with Gasteiger partial charge in [0, 0.05) is 13.1 Å². The molecule has 0 atom stereocenters. The fraction of sp³-hybridized carbons (Fsp3) is 0.222. The number of rotatable bonds is 4. The van der Waals surface area contributed by atoms with Crippen LogP contribution in [0.1, 0.15) is 6.92 Å². The predicted octanol–water partition coefficient (Wildman–Crippen LogP) is 0.585. The van der Waals surface area contributed by atoms with Gasteiger partial charge in [0.1, 0.15) is 6.61 Å². The summed E-state index contributed by atoms with van der Waals surface area (Å²) in [6.07, 6.45) is 2.07. The molecule has 0 aliphatic rings. The number of esters is 1. The van der Waals surface area contributed by atoms with E-state index in [2.05, 4.69) is 4.98 Å². The number of nitrogens with zero attached hydrogens (tertiary/aromatic N) is 1. The minimum atomic E-state index is -0.464. The van der Waals surface area contributed by atoms with Crippen LogP contribution in [0.2, 0.25) is 0 Å². The maximum atomic E-state index is 10.7. The van der Waals surface area contributed by atoms with Crippen LogP contribution in [0.5, 0.6) is 11.6 Å². The zero-order valence-corrected chi connectivity index (χ0v) is 7.60. The fourth-order valence-electron chi connectivity index (χ4n) is 0.830. The molecule has 0 N–H and O–H groups in total. The van der Waals surface area contributed by atoms with Crippen LogP contribution in [0.15, 0.2) is 18.3 Å². The third-order valence-corrected chi connectivity index (χ3v) is 1.28. The van der Waals surface area contributed by atoms with Crippen LogP contribution in [0.3, 0.4) is 0 Å². The van der Waals surface area contributed by atoms with E-state index in [0.717, 1.165) is 0 Å². The summed E-state index contributed by atoms with van der Waals surface area (Å²) in [6.45, 7) is 1.15. The summed E-state index contributed by atoms with van der Waals surface area (Å²) in [5.41, 5.74) is 0. The minimum Gasteiger partial charge on any atom is -0.467 e. The van der Waals surface area contributed by atoms with Crippen molar-refractivity contribution in [2.45, 2.75) is 6.92 Å². The van der Waals surface area contributed by atoms with Gasteiger partial charge in [0.15, 0.2) is 12.0 Å². The molecular formula is C9H9NO4. The zero-order chi connectivity index (χ0) is 10.4. The van der Waals surface area contributed by atoms with Crippen molar-refractivity contribution in [1.29, 1.82) is 0 Å². The van der Waals surface area contributed by atoms with E-state index in [-0.39, 0.29) is 18.2 Å². The maximum Gasteiger partial charge on any atom is 0.308 e. The molecule has 0 bridgehead atoms. The standard InChI is InChI=1S/C9H9NO4/c1-7(12)14-8-3-2-4-10-9(8)13-6-5-11/h2-5H,6H2,1H3. The number of carbonyl (C=O) groups excluding carboxylic acids is 2. The van der Waals surface area contributed by atoms with Gasteiger partial charge in [-0.15, -0.1) is 0 Å². The van der Waals surface area contributed by atoms with Crippen molar-refractivity contribution in [2.24, 2.45) is 0 Å². The van der Waals surface area contributed by atoms with Crippen LogP contribution in [-0.2, 0) is 9.59 Å². The van der Waals surface area contributed by atoms with E-state index >= 15 is 0 Å². The van der Waals surface area contributed by atoms with Gasteiger partial charge in [-0.05, 0) is 12.1 Å². The number of pyridine rings is 1. The number of aldehydes is 1. The third-order valence-electron chi connectivity index (χ3n) is 1.28. The molecule has 1 aromatic heterocycles. The monoisotopic (exact) mass is 195 g/mol. The van der Waals surface area contributed by atoms with Gasteiger partial charge in [-0.3, -0.25) is 9.59 Å². The van der Waals surface area contributed by atoms with Gasteiger partial charge in [-0.1, -0.05) is 0 Å². The number of hydrogen-bond donors (Lipinski definition) is 0. The Morgan fingerprint density at radius 1 is 1.64 bits per heavy atom. The summed E-state index contributed by atoms with van der Waals surface area (Å²) in [5.74, 6) is -0.120. The predicted molar refractivity (Wildman–Crippen MR) is 47.1 cm³/mol. The van der Waals surface area contributed by atoms with Crippen LogP contribution < -0.4 is 9.47 Å². The van der Waals surface area contributed by atoms with E-state index in [9.17, 15) is 9.59 Å². The maximum absolute atomic E-state index is 10.7. The highest BCUT2D eigenvalue weighted by molar-refractivity contribution is 5.70. The van der Waals surface area contributed by atoms with E-state index in [1.165, 1.54) is 19.2 Å². The number of aromatic nitrogens is 1. The van der Waals surface area contributed by atoms with Gasteiger partial charge >= 0.3 is 5.97 Å². The average molecular weight is 195 g/mol. The van der Waals surface area contributed by atoms with Crippen molar-refractivity contribution in [3.8, 4) is 11.6 Å². The summed E-state index contributed by atoms with van der Waals surface area (Å²) < 4.78 is 9.73. The lowest BCUT2D eigenvalue weighted by atomic mass is 10.4. The first-order chi connectivity index (χ1) is 6.74. The molecule has 0 amide bonds. The quantitative estimate of drug-likeness (QED) is 0.519. The number of carbonyl (C=O) groups is 2. The largest absolute Gasteiger partial charge is 0.467 e. The lowest BCUT2D eigenvalue weighted by Gasteiger charge is -2.06. The van der Waals surface area contributed by atoms with Crippen molar-refractivity contribution >= 4 is 12.3 Å². The first-order valence-corrected chi connectivity index (χ1v) is 3.94. The van der Waals surface area contributed by atoms with E-state index in [4.69, 9.17) is 9.47 Å². The zero-order valence-electron chi connectivity index (χ0n) is 7.60. The second kappa shape index (κ2) is 4.96. The van der Waals surface area contributed by atoms with E-state index < -0.39 is 5.97 Å². The van der Waals surface area contributed by atoms with E-state index in [0.29, 0.717) is 6.29 Å². The number of ether oxygens (including phenoxy) is 2. The van der Waals surface area contributed by atoms with Gasteiger partial charge in [0.05, 0.1) is 0 Å². The Morgan fingerprint density at radius 3 is 3.07 bits per heavy atom. The highest BCUT2D eigenvalue weighted by Crippen LogP contribution is 2.22. The van der Waals surface area contributed by atoms with Gasteiger partial charge in [0.25, 0.3) is 5.88 Å². The van der Waals surface area contributed by atoms with Crippen molar-refractivity contribution in [3.63, 3.8) is 0 Å². The van der Waals surface area contributed by atoms with Crippen LogP contribution in [0.4, 0.5) is 0 Å². The summed E-state index contributed by atoms with van der Waals surface area (Å²) >= 11 is 0. The van der Waals surface area contributed by atoms with Crippen LogP contribution in [0, 0.1) is 0 Å². The van der Waals surface area contributed by atoms with Crippen molar-refractivity contribution in [1.82, 2.24) is 4.98 Å². The molecule has 1 rings (SSSR count). The molecule has 0 aliphatic carbocycles. The summed E-state index contributed by atoms with van der Waals surface area (Å²) in [7, 11) is 0. The second-order valence-electron chi connectivity index (χ2n) is 2.38. The molecule has 0 spiro atoms. The third kappa shape index (κ3) is 2.85. The Balaban J connectivity index is 2.79. The Bertz CT molecular complexity index is 337. The van der Waals surface area contributed by atoms with Crippen LogP contribution in [-0.4, -0.2) is 23.8 Å². The normalized spacial score (nSPS) is 9.21. The van der Waals surface area contributed by atoms with Gasteiger partial charge in [-0.25, -0.2) is 4.98 Å². The van der Waals surface area contributed by atoms with Gasteiger partial charge in [-0.2, -0.15) is 0 Å². The van der Waals surface area contributed by atoms with Crippen molar-refractivity contribution < 1.29 is 19.1 Å². The molecule has 0 unspecified atom stereocenters. The molecule has 0 aromatic carbocycles. The Hall–Kier alpha value is -1.91. The Morgan fingerprint density at radius 2 is 2.43 bits per heavy atom. The molecular weight excluding hydrogens is 186 g/mol. The molecule has 1 heterocycles. The first-order valence-electron chi connectivity index (χ1n) is 3.94. The molecule has 0 saturated carbocycles. The minimum absolute atomic E-state index is 0.120. The summed E-state index contributed by atoms with van der Waals surface area (Å²) in [4.78, 5) is 24.5. The Kier molecular flexibility index (Phi) is 3.60. The second-order valence-corrected chi connectivity index (χ2v) is 2.38. The van der Waals surface area contributed by atoms with Crippen LogP contribution >= 0.6 is 0 Å². The van der Waals surface area contributed by atoms with Crippen LogP contribution in [0.25, 0.3) is 0 Å². The molecule has 0 fully saturated rings. The molecule has 14 heavy (non-hydrogen) atoms. The van der Waals surface area contributed by atoms with E-state index in [1.807, 2.05) is 0 Å².